The Labute approximate surface area is 181 Å². The van der Waals surface area contributed by atoms with Gasteiger partial charge in [0.15, 0.2) is 6.61 Å². The van der Waals surface area contributed by atoms with E-state index in [1.807, 2.05) is 45.0 Å². The van der Waals surface area contributed by atoms with E-state index in [0.717, 1.165) is 5.56 Å². The Morgan fingerprint density at radius 1 is 1.14 bits per heavy atom. The van der Waals surface area contributed by atoms with E-state index in [9.17, 15) is 9.59 Å². The number of para-hydroxylation sites is 1. The first-order chi connectivity index (χ1) is 13.9. The molecule has 0 aliphatic rings. The third-order valence-electron chi connectivity index (χ3n) is 4.54. The number of hydrogen-bond donors (Lipinski definition) is 1. The van der Waals surface area contributed by atoms with Gasteiger partial charge in [-0.15, -0.1) is 0 Å². The van der Waals surface area contributed by atoms with Crippen LogP contribution in [0.15, 0.2) is 42.5 Å². The highest BCUT2D eigenvalue weighted by molar-refractivity contribution is 6.35. The molecule has 0 saturated carbocycles. The van der Waals surface area contributed by atoms with Gasteiger partial charge >= 0.3 is 0 Å². The maximum atomic E-state index is 13.1. The van der Waals surface area contributed by atoms with Gasteiger partial charge in [-0.25, -0.2) is 0 Å². The molecule has 0 spiro atoms. The van der Waals surface area contributed by atoms with Crippen molar-refractivity contribution in [3.63, 3.8) is 0 Å². The number of benzene rings is 2. The highest BCUT2D eigenvalue weighted by atomic mass is 35.5. The maximum Gasteiger partial charge on any atom is 0.261 e. The van der Waals surface area contributed by atoms with Crippen molar-refractivity contribution in [3.8, 4) is 5.75 Å². The van der Waals surface area contributed by atoms with E-state index in [1.54, 1.807) is 18.2 Å². The molecule has 5 nitrogen and oxygen atoms in total. The summed E-state index contributed by atoms with van der Waals surface area (Å²) in [5.41, 5.74) is 1.64. The number of hydrogen-bond acceptors (Lipinski definition) is 3. The molecule has 29 heavy (non-hydrogen) atoms. The molecular weight excluding hydrogens is 411 g/mol. The predicted molar refractivity (Wildman–Crippen MR) is 116 cm³/mol. The molecule has 0 radical (unpaired) electrons. The molecule has 0 fully saturated rings. The monoisotopic (exact) mass is 436 g/mol. The van der Waals surface area contributed by atoms with Crippen LogP contribution in [0.5, 0.6) is 5.75 Å². The minimum absolute atomic E-state index is 0.175. The fourth-order valence-corrected chi connectivity index (χ4v) is 3.45. The van der Waals surface area contributed by atoms with Gasteiger partial charge in [0.1, 0.15) is 11.8 Å². The molecule has 7 heteroatoms. The summed E-state index contributed by atoms with van der Waals surface area (Å²) in [7, 11) is 0. The Morgan fingerprint density at radius 3 is 2.48 bits per heavy atom. The van der Waals surface area contributed by atoms with Crippen molar-refractivity contribution >= 4 is 35.0 Å². The van der Waals surface area contributed by atoms with Crippen LogP contribution < -0.4 is 10.1 Å². The summed E-state index contributed by atoms with van der Waals surface area (Å²) < 4.78 is 5.72. The van der Waals surface area contributed by atoms with E-state index in [-0.39, 0.29) is 25.0 Å². The van der Waals surface area contributed by atoms with E-state index in [2.05, 4.69) is 5.32 Å². The van der Waals surface area contributed by atoms with Gasteiger partial charge < -0.3 is 15.0 Å². The molecular formula is C22H26Cl2N2O3. The number of aryl methyl sites for hydroxylation is 1. The minimum Gasteiger partial charge on any atom is -0.484 e. The van der Waals surface area contributed by atoms with Gasteiger partial charge in [-0.05, 0) is 49.6 Å². The number of carbonyl (C=O) groups excluding carboxylic acids is 2. The zero-order valence-electron chi connectivity index (χ0n) is 16.9. The lowest BCUT2D eigenvalue weighted by Crippen LogP contribution is -2.50. The minimum atomic E-state index is -0.630. The molecule has 1 N–H and O–H groups in total. The first-order valence-electron chi connectivity index (χ1n) is 9.56. The molecule has 2 aromatic carbocycles. The van der Waals surface area contributed by atoms with E-state index in [4.69, 9.17) is 27.9 Å². The third kappa shape index (κ3) is 6.38. The lowest BCUT2D eigenvalue weighted by Gasteiger charge is -2.30. The van der Waals surface area contributed by atoms with Crippen LogP contribution in [-0.2, 0) is 16.1 Å². The highest BCUT2D eigenvalue weighted by Gasteiger charge is 2.29. The van der Waals surface area contributed by atoms with Crippen LogP contribution in [0.3, 0.4) is 0 Å². The molecule has 0 bridgehead atoms. The predicted octanol–water partition coefficient (Wildman–Crippen LogP) is 4.62. The van der Waals surface area contributed by atoms with Crippen molar-refractivity contribution in [2.45, 2.75) is 39.8 Å². The van der Waals surface area contributed by atoms with Gasteiger partial charge in [-0.2, -0.15) is 0 Å². The van der Waals surface area contributed by atoms with Gasteiger partial charge in [0.2, 0.25) is 5.91 Å². The van der Waals surface area contributed by atoms with E-state index in [1.165, 1.54) is 4.90 Å². The Morgan fingerprint density at radius 2 is 1.86 bits per heavy atom. The van der Waals surface area contributed by atoms with Crippen LogP contribution in [0, 0.1) is 6.92 Å². The van der Waals surface area contributed by atoms with Crippen LogP contribution in [0.1, 0.15) is 31.4 Å². The molecule has 0 unspecified atom stereocenters. The number of halogens is 2. The van der Waals surface area contributed by atoms with E-state index >= 15 is 0 Å². The maximum absolute atomic E-state index is 13.1. The van der Waals surface area contributed by atoms with Crippen molar-refractivity contribution in [3.05, 3.63) is 63.6 Å². The molecule has 2 amide bonds. The molecule has 0 aromatic heterocycles. The summed E-state index contributed by atoms with van der Waals surface area (Å²) in [6.45, 7) is 6.11. The number of likely N-dealkylation sites (N-methyl/N-ethyl adjacent to an activating group) is 1. The first kappa shape index (κ1) is 23.0. The lowest BCUT2D eigenvalue weighted by molar-refractivity contribution is -0.142. The summed E-state index contributed by atoms with van der Waals surface area (Å²) in [5.74, 6) is 0.137. The number of nitrogens with zero attached hydrogens (tertiary/aromatic N) is 1. The quantitative estimate of drug-likeness (QED) is 0.623. The summed E-state index contributed by atoms with van der Waals surface area (Å²) in [4.78, 5) is 27.2. The normalized spacial score (nSPS) is 11.6. The van der Waals surface area contributed by atoms with Crippen molar-refractivity contribution in [1.29, 1.82) is 0 Å². The average Bonchev–Trinajstić information content (AvgIpc) is 2.68. The molecule has 0 aliphatic heterocycles. The van der Waals surface area contributed by atoms with E-state index in [0.29, 0.717) is 34.3 Å². The van der Waals surface area contributed by atoms with Gasteiger partial charge in [0, 0.05) is 23.1 Å². The zero-order valence-corrected chi connectivity index (χ0v) is 18.4. The van der Waals surface area contributed by atoms with Crippen LogP contribution >= 0.6 is 23.2 Å². The van der Waals surface area contributed by atoms with Crippen molar-refractivity contribution in [1.82, 2.24) is 10.2 Å². The Hall–Kier alpha value is -2.24. The van der Waals surface area contributed by atoms with Gasteiger partial charge in [-0.1, -0.05) is 54.4 Å². The van der Waals surface area contributed by atoms with Crippen LogP contribution in [0.25, 0.3) is 0 Å². The number of rotatable bonds is 9. The summed E-state index contributed by atoms with van der Waals surface area (Å²) in [5, 5.41) is 3.75. The first-order valence-corrected chi connectivity index (χ1v) is 10.3. The van der Waals surface area contributed by atoms with Crippen LogP contribution in [0.4, 0.5) is 0 Å². The number of carbonyl (C=O) groups is 2. The van der Waals surface area contributed by atoms with Crippen LogP contribution in [-0.4, -0.2) is 35.9 Å². The van der Waals surface area contributed by atoms with E-state index < -0.39 is 6.04 Å². The topological polar surface area (TPSA) is 58.6 Å². The van der Waals surface area contributed by atoms with Crippen molar-refractivity contribution in [2.24, 2.45) is 0 Å². The highest BCUT2D eigenvalue weighted by Crippen LogP contribution is 2.24. The largest absolute Gasteiger partial charge is 0.484 e. The Kier molecular flexibility index (Phi) is 8.80. The SMILES string of the molecule is CCNC(=O)[C@H](CC)N(Cc1ccc(Cl)cc1Cl)C(=O)COc1ccccc1C. The Balaban J connectivity index is 2.25. The molecule has 156 valence electrons. The van der Waals surface area contributed by atoms with Gasteiger partial charge in [0.25, 0.3) is 5.91 Å². The standard InChI is InChI=1S/C22H26Cl2N2O3/c1-4-19(22(28)25-5-2)26(13-16-10-11-17(23)12-18(16)24)21(27)14-29-20-9-7-6-8-15(20)3/h6-12,19H,4-5,13-14H2,1-3H3,(H,25,28)/t19-/m0/s1. The molecule has 2 rings (SSSR count). The molecule has 0 heterocycles. The molecule has 2 aromatic rings. The van der Waals surface area contributed by atoms with Gasteiger partial charge in [-0.3, -0.25) is 9.59 Å². The van der Waals surface area contributed by atoms with Crippen molar-refractivity contribution < 1.29 is 14.3 Å². The second-order valence-corrected chi connectivity index (χ2v) is 7.47. The Bertz CT molecular complexity index is 858. The second kappa shape index (κ2) is 11.1. The molecule has 0 saturated heterocycles. The summed E-state index contributed by atoms with van der Waals surface area (Å²) in [6.07, 6.45) is 0.465. The van der Waals surface area contributed by atoms with Gasteiger partial charge in [0.05, 0.1) is 0 Å². The smallest absolute Gasteiger partial charge is 0.261 e. The summed E-state index contributed by atoms with van der Waals surface area (Å²) >= 11 is 12.3. The number of ether oxygens (including phenoxy) is 1. The molecule has 0 aliphatic carbocycles. The zero-order chi connectivity index (χ0) is 21.4. The lowest BCUT2D eigenvalue weighted by atomic mass is 10.1. The second-order valence-electron chi connectivity index (χ2n) is 6.63. The number of amides is 2. The fraction of sp³-hybridized carbons (Fsp3) is 0.364. The summed E-state index contributed by atoms with van der Waals surface area (Å²) in [6, 6.07) is 11.9. The third-order valence-corrected chi connectivity index (χ3v) is 5.12. The van der Waals surface area contributed by atoms with Crippen LogP contribution in [0.2, 0.25) is 10.0 Å². The average molecular weight is 437 g/mol. The number of nitrogens with one attached hydrogen (secondary N) is 1. The van der Waals surface area contributed by atoms with Crippen molar-refractivity contribution in [2.75, 3.05) is 13.2 Å². The molecule has 1 atom stereocenters. The fourth-order valence-electron chi connectivity index (χ4n) is 2.99.